The second-order valence-corrected chi connectivity index (χ2v) is 19.7. The molecule has 67 heavy (non-hydrogen) atoms. The van der Waals surface area contributed by atoms with Crippen LogP contribution in [-0.2, 0) is 59.1 Å². The second kappa shape index (κ2) is 27.4. The van der Waals surface area contributed by atoms with Crippen molar-refractivity contribution in [3.05, 3.63) is 90.0 Å². The van der Waals surface area contributed by atoms with Gasteiger partial charge in [0.25, 0.3) is 0 Å². The topological polar surface area (TPSA) is 275 Å². The SMILES string of the molecule is CC(=O)N1CCC[C@H]1C(=O)NC(CC(C)C)C(=O)NC(Cc1cncn1CCCCCCCCc1ccccc1)C(=O)NC(CO)C(=O)NC(C(N)=O)C(CCc1ccccc1)CP(=O)(O)O. The van der Waals surface area contributed by atoms with Gasteiger partial charge in [0.15, 0.2) is 0 Å². The van der Waals surface area contributed by atoms with E-state index in [0.29, 0.717) is 38.0 Å². The van der Waals surface area contributed by atoms with Crippen LogP contribution in [0.15, 0.2) is 73.2 Å². The highest BCUT2D eigenvalue weighted by Gasteiger charge is 2.38. The maximum absolute atomic E-state index is 14.3. The van der Waals surface area contributed by atoms with Crippen molar-refractivity contribution in [3.63, 3.8) is 0 Å². The van der Waals surface area contributed by atoms with Crippen molar-refractivity contribution in [1.29, 1.82) is 0 Å². The Bertz CT molecular complexity index is 2100. The highest BCUT2D eigenvalue weighted by Crippen LogP contribution is 2.39. The minimum absolute atomic E-state index is 0.0529. The van der Waals surface area contributed by atoms with Gasteiger partial charge >= 0.3 is 7.60 Å². The molecule has 1 aromatic heterocycles. The standard InChI is InChI=1S/C48H71N8O10P/c1-33(2)27-39(52-48(63)42-22-16-26-56(42)34(3)58)45(60)51-40(28-38-29-50-32-55(38)25-15-7-5-4-6-10-17-35-18-11-8-12-19-35)46(61)53-41(30-57)47(62)54-43(44(49)59)37(31-67(64,65)66)24-23-36-20-13-9-14-21-36/h8-9,11-14,18-21,29,32-33,37,39-43,57H,4-7,10,15-17,22-28,30-31H2,1-3H3,(H2,49,59)(H,51,60)(H,52,63)(H,53,61)(H,54,62)(H2,64,65,66)/t37?,39?,40?,41?,42-,43?/m0/s1. The number of hydrogen-bond acceptors (Lipinski definition) is 9. The Morgan fingerprint density at radius 2 is 1.37 bits per heavy atom. The highest BCUT2D eigenvalue weighted by atomic mass is 31.2. The molecule has 368 valence electrons. The number of amides is 6. The maximum Gasteiger partial charge on any atom is 0.325 e. The molecule has 0 bridgehead atoms. The third-order valence-corrected chi connectivity index (χ3v) is 13.1. The third kappa shape index (κ3) is 18.6. The Balaban J connectivity index is 1.50. The van der Waals surface area contributed by atoms with Crippen LogP contribution in [0.1, 0.15) is 102 Å². The van der Waals surface area contributed by atoms with E-state index >= 15 is 0 Å². The molecule has 1 saturated heterocycles. The van der Waals surface area contributed by atoms with Crippen molar-refractivity contribution < 1.29 is 48.2 Å². The lowest BCUT2D eigenvalue weighted by molar-refractivity contribution is -0.138. The molecular weight excluding hydrogens is 880 g/mol. The van der Waals surface area contributed by atoms with Crippen LogP contribution in [0, 0.1) is 11.8 Å². The Morgan fingerprint density at radius 1 is 0.791 bits per heavy atom. The summed E-state index contributed by atoms with van der Waals surface area (Å²) in [7, 11) is -4.73. The lowest BCUT2D eigenvalue weighted by Gasteiger charge is -2.29. The molecule has 9 N–H and O–H groups in total. The molecule has 0 saturated carbocycles. The number of likely N-dealkylation sites (tertiary alicyclic amines) is 1. The zero-order chi connectivity index (χ0) is 48.9. The number of nitrogens with two attached hydrogens (primary N) is 1. The number of rotatable bonds is 29. The number of aliphatic hydroxyl groups is 1. The number of aryl methyl sites for hydroxylation is 3. The van der Waals surface area contributed by atoms with Crippen LogP contribution in [0.4, 0.5) is 0 Å². The van der Waals surface area contributed by atoms with Gasteiger partial charge in [0.05, 0.1) is 19.1 Å². The van der Waals surface area contributed by atoms with Gasteiger partial charge < -0.3 is 51.4 Å². The normalized spacial score (nSPS) is 16.1. The van der Waals surface area contributed by atoms with Crippen molar-refractivity contribution in [1.82, 2.24) is 35.7 Å². The Morgan fingerprint density at radius 3 is 1.97 bits per heavy atom. The molecule has 2 aromatic carbocycles. The van der Waals surface area contributed by atoms with Gasteiger partial charge in [0.1, 0.15) is 30.2 Å². The predicted octanol–water partition coefficient (Wildman–Crippen LogP) is 2.91. The van der Waals surface area contributed by atoms with Gasteiger partial charge in [0, 0.05) is 38.3 Å². The van der Waals surface area contributed by atoms with Crippen LogP contribution in [0.5, 0.6) is 0 Å². The number of hydrogen-bond donors (Lipinski definition) is 8. The van der Waals surface area contributed by atoms with Crippen LogP contribution in [-0.4, -0.2) is 114 Å². The first-order valence-corrected chi connectivity index (χ1v) is 25.3. The van der Waals surface area contributed by atoms with Crippen molar-refractivity contribution in [2.24, 2.45) is 17.6 Å². The molecule has 5 unspecified atom stereocenters. The van der Waals surface area contributed by atoms with Gasteiger partial charge in [-0.3, -0.25) is 33.3 Å². The first kappa shape index (κ1) is 54.2. The minimum Gasteiger partial charge on any atom is -0.394 e. The molecule has 0 radical (unpaired) electrons. The molecule has 4 rings (SSSR count). The molecule has 2 heterocycles. The molecule has 19 heteroatoms. The third-order valence-electron chi connectivity index (χ3n) is 12.1. The van der Waals surface area contributed by atoms with Gasteiger partial charge in [-0.05, 0) is 74.3 Å². The number of imidazole rings is 1. The summed E-state index contributed by atoms with van der Waals surface area (Å²) in [6.45, 7) is 5.16. The van der Waals surface area contributed by atoms with E-state index in [1.54, 1.807) is 42.9 Å². The molecule has 1 aliphatic rings. The summed E-state index contributed by atoms with van der Waals surface area (Å²) >= 11 is 0. The summed E-state index contributed by atoms with van der Waals surface area (Å²) in [5, 5.41) is 20.9. The fourth-order valence-corrected chi connectivity index (χ4v) is 9.57. The minimum atomic E-state index is -4.73. The molecule has 1 fully saturated rings. The fraction of sp³-hybridized carbons (Fsp3) is 0.562. The quantitative estimate of drug-likeness (QED) is 0.0370. The van der Waals surface area contributed by atoms with Crippen LogP contribution in [0.25, 0.3) is 0 Å². The van der Waals surface area contributed by atoms with Crippen LogP contribution >= 0.6 is 7.60 Å². The monoisotopic (exact) mass is 951 g/mol. The average Bonchev–Trinajstić information content (AvgIpc) is 3.97. The number of primary amides is 1. The lowest BCUT2D eigenvalue weighted by atomic mass is 9.93. The first-order chi connectivity index (χ1) is 31.9. The summed E-state index contributed by atoms with van der Waals surface area (Å²) < 4.78 is 14.1. The lowest BCUT2D eigenvalue weighted by Crippen LogP contribution is -2.60. The number of nitrogens with zero attached hydrogens (tertiary/aromatic N) is 3. The molecule has 0 spiro atoms. The number of carbonyl (C=O) groups is 6. The number of benzene rings is 2. The number of aliphatic hydroxyl groups excluding tert-OH is 1. The van der Waals surface area contributed by atoms with E-state index in [1.807, 2.05) is 36.6 Å². The van der Waals surface area contributed by atoms with Gasteiger partial charge in [0.2, 0.25) is 35.4 Å². The van der Waals surface area contributed by atoms with E-state index in [0.717, 1.165) is 50.5 Å². The van der Waals surface area contributed by atoms with Crippen molar-refractivity contribution in [3.8, 4) is 0 Å². The van der Waals surface area contributed by atoms with Gasteiger partial charge in [-0.25, -0.2) is 4.98 Å². The van der Waals surface area contributed by atoms with Crippen LogP contribution in [0.3, 0.4) is 0 Å². The molecule has 6 atom stereocenters. The summed E-state index contributed by atoms with van der Waals surface area (Å²) in [6, 6.07) is 12.9. The van der Waals surface area contributed by atoms with Crippen LogP contribution in [0.2, 0.25) is 0 Å². The van der Waals surface area contributed by atoms with E-state index < -0.39 is 86.0 Å². The average molecular weight is 951 g/mol. The van der Waals surface area contributed by atoms with E-state index in [1.165, 1.54) is 17.4 Å². The van der Waals surface area contributed by atoms with Crippen LogP contribution < -0.4 is 27.0 Å². The number of unbranched alkanes of at least 4 members (excludes halogenated alkanes) is 5. The predicted molar refractivity (Wildman–Crippen MR) is 253 cm³/mol. The zero-order valence-corrected chi connectivity index (χ0v) is 40.0. The highest BCUT2D eigenvalue weighted by molar-refractivity contribution is 7.51. The molecule has 1 aliphatic heterocycles. The van der Waals surface area contributed by atoms with E-state index in [2.05, 4.69) is 38.4 Å². The fourth-order valence-electron chi connectivity index (χ4n) is 8.57. The molecule has 18 nitrogen and oxygen atoms in total. The molecular formula is C48H71N8O10P. The second-order valence-electron chi connectivity index (χ2n) is 18.0. The maximum atomic E-state index is 14.3. The summed E-state index contributed by atoms with van der Waals surface area (Å²) in [6.07, 6.45) is 11.1. The molecule has 6 amide bonds. The smallest absolute Gasteiger partial charge is 0.325 e. The van der Waals surface area contributed by atoms with Crippen molar-refractivity contribution in [2.45, 2.75) is 141 Å². The number of nitrogens with one attached hydrogen (secondary N) is 4. The Kier molecular flexibility index (Phi) is 22.2. The molecule has 3 aromatic rings. The van der Waals surface area contributed by atoms with Gasteiger partial charge in [-0.2, -0.15) is 0 Å². The first-order valence-electron chi connectivity index (χ1n) is 23.5. The summed E-state index contributed by atoms with van der Waals surface area (Å²) in [5.74, 6) is -5.66. The summed E-state index contributed by atoms with van der Waals surface area (Å²) in [4.78, 5) is 106. The van der Waals surface area contributed by atoms with E-state index in [4.69, 9.17) is 5.73 Å². The van der Waals surface area contributed by atoms with Crippen molar-refractivity contribution >= 4 is 43.0 Å². The number of aromatic nitrogens is 2. The van der Waals surface area contributed by atoms with E-state index in [9.17, 15) is 48.2 Å². The van der Waals surface area contributed by atoms with Gasteiger partial charge in [-0.1, -0.05) is 100 Å². The zero-order valence-electron chi connectivity index (χ0n) is 39.1. The van der Waals surface area contributed by atoms with Crippen molar-refractivity contribution in [2.75, 3.05) is 19.3 Å². The Labute approximate surface area is 393 Å². The Hall–Kier alpha value is -5.42. The largest absolute Gasteiger partial charge is 0.394 e. The van der Waals surface area contributed by atoms with E-state index in [-0.39, 0.29) is 31.1 Å². The summed E-state index contributed by atoms with van der Waals surface area (Å²) in [5.41, 5.74) is 8.44. The van der Waals surface area contributed by atoms with Gasteiger partial charge in [-0.15, -0.1) is 0 Å². The molecule has 0 aliphatic carbocycles. The number of carbonyl (C=O) groups excluding carboxylic acids is 6.